The first-order chi connectivity index (χ1) is 9.48. The zero-order chi connectivity index (χ0) is 14.3. The number of rotatable bonds is 2. The van der Waals surface area contributed by atoms with Crippen LogP contribution in [0.4, 0.5) is 0 Å². The van der Waals surface area contributed by atoms with Gasteiger partial charge in [0.1, 0.15) is 0 Å². The maximum atomic E-state index is 11.9. The van der Waals surface area contributed by atoms with Crippen molar-refractivity contribution in [1.29, 1.82) is 0 Å². The van der Waals surface area contributed by atoms with Gasteiger partial charge in [-0.15, -0.1) is 0 Å². The number of hydrogen-bond acceptors (Lipinski definition) is 3. The number of sulfonamides is 1. The van der Waals surface area contributed by atoms with Gasteiger partial charge in [0.05, 0.1) is 16.5 Å². The van der Waals surface area contributed by atoms with Gasteiger partial charge in [0.2, 0.25) is 10.0 Å². The monoisotopic (exact) mass is 293 g/mol. The highest BCUT2D eigenvalue weighted by molar-refractivity contribution is 7.89. The van der Waals surface area contributed by atoms with Crippen LogP contribution in [0, 0.1) is 0 Å². The normalized spacial score (nSPS) is 24.1. The number of fused-ring (bicyclic) bond motifs is 1. The number of aryl methyl sites for hydroxylation is 1. The third-order valence-electron chi connectivity index (χ3n) is 4.26. The van der Waals surface area contributed by atoms with Gasteiger partial charge in [-0.1, -0.05) is 31.0 Å². The molecule has 1 aliphatic rings. The summed E-state index contributed by atoms with van der Waals surface area (Å²) in [7, 11) is -1.64. The van der Waals surface area contributed by atoms with Crippen molar-refractivity contribution in [2.24, 2.45) is 12.2 Å². The van der Waals surface area contributed by atoms with E-state index in [9.17, 15) is 8.42 Å². The van der Waals surface area contributed by atoms with E-state index in [1.807, 2.05) is 36.0 Å². The van der Waals surface area contributed by atoms with E-state index in [1.54, 1.807) is 0 Å². The molecular weight excluding hydrogens is 274 g/mol. The summed E-state index contributed by atoms with van der Waals surface area (Å²) >= 11 is 0. The molecule has 1 fully saturated rings. The van der Waals surface area contributed by atoms with Crippen molar-refractivity contribution in [2.75, 3.05) is 0 Å². The van der Waals surface area contributed by atoms with E-state index in [0.29, 0.717) is 6.42 Å². The van der Waals surface area contributed by atoms with E-state index < -0.39 is 15.3 Å². The molecule has 1 aromatic carbocycles. The van der Waals surface area contributed by atoms with Crippen LogP contribution < -0.4 is 5.14 Å². The first-order valence-electron chi connectivity index (χ1n) is 6.92. The second kappa shape index (κ2) is 4.86. The van der Waals surface area contributed by atoms with Crippen LogP contribution in [0.2, 0.25) is 0 Å². The van der Waals surface area contributed by atoms with Crippen molar-refractivity contribution in [1.82, 2.24) is 9.78 Å². The Hall–Kier alpha value is -1.40. The molecule has 20 heavy (non-hydrogen) atoms. The van der Waals surface area contributed by atoms with Crippen molar-refractivity contribution >= 4 is 20.9 Å². The molecule has 1 aromatic heterocycles. The molecule has 108 valence electrons. The minimum Gasteiger partial charge on any atom is -0.268 e. The topological polar surface area (TPSA) is 78.0 Å². The van der Waals surface area contributed by atoms with E-state index in [-0.39, 0.29) is 5.92 Å². The maximum Gasteiger partial charge on any atom is 0.212 e. The molecule has 2 N–H and O–H groups in total. The molecular formula is C14H19N3O2S. The molecule has 1 heterocycles. The number of benzene rings is 1. The molecule has 0 saturated heterocycles. The molecule has 0 radical (unpaired) electrons. The lowest BCUT2D eigenvalue weighted by Crippen LogP contribution is -2.36. The molecule has 3 rings (SSSR count). The van der Waals surface area contributed by atoms with Crippen LogP contribution in [0.5, 0.6) is 0 Å². The Morgan fingerprint density at radius 3 is 2.70 bits per heavy atom. The van der Waals surface area contributed by atoms with Crippen molar-refractivity contribution in [2.45, 2.75) is 36.9 Å². The summed E-state index contributed by atoms with van der Waals surface area (Å²) in [6.07, 6.45) is 3.42. The Morgan fingerprint density at radius 2 is 1.95 bits per heavy atom. The summed E-state index contributed by atoms with van der Waals surface area (Å²) in [5.41, 5.74) is 1.91. The highest BCUT2D eigenvalue weighted by Crippen LogP contribution is 2.38. The zero-order valence-electron chi connectivity index (χ0n) is 11.5. The number of primary sulfonamides is 1. The van der Waals surface area contributed by atoms with Crippen LogP contribution in [0.1, 0.15) is 37.3 Å². The Morgan fingerprint density at radius 1 is 1.25 bits per heavy atom. The lowest BCUT2D eigenvalue weighted by Gasteiger charge is -2.28. The van der Waals surface area contributed by atoms with Crippen LogP contribution in [0.3, 0.4) is 0 Å². The van der Waals surface area contributed by atoms with Crippen molar-refractivity contribution in [3.63, 3.8) is 0 Å². The van der Waals surface area contributed by atoms with Gasteiger partial charge in [-0.2, -0.15) is 5.10 Å². The molecule has 0 amide bonds. The van der Waals surface area contributed by atoms with Crippen LogP contribution in [0.25, 0.3) is 10.9 Å². The average Bonchev–Trinajstić information content (AvgIpc) is 2.76. The maximum absolute atomic E-state index is 11.9. The zero-order valence-corrected chi connectivity index (χ0v) is 12.3. The smallest absolute Gasteiger partial charge is 0.212 e. The molecule has 6 heteroatoms. The summed E-state index contributed by atoms with van der Waals surface area (Å²) in [5, 5.41) is 10.5. The quantitative estimate of drug-likeness (QED) is 0.918. The Kier molecular flexibility index (Phi) is 3.30. The van der Waals surface area contributed by atoms with Crippen LogP contribution >= 0.6 is 0 Å². The number of para-hydroxylation sites is 1. The van der Waals surface area contributed by atoms with Crippen LogP contribution in [0.15, 0.2) is 24.3 Å². The van der Waals surface area contributed by atoms with E-state index in [2.05, 4.69) is 5.10 Å². The van der Waals surface area contributed by atoms with Crippen molar-refractivity contribution in [3.8, 4) is 0 Å². The third-order valence-corrected chi connectivity index (χ3v) is 5.67. The van der Waals surface area contributed by atoms with Crippen molar-refractivity contribution in [3.05, 3.63) is 30.0 Å². The molecule has 0 spiro atoms. The van der Waals surface area contributed by atoms with E-state index in [0.717, 1.165) is 35.9 Å². The molecule has 0 aliphatic heterocycles. The predicted molar refractivity (Wildman–Crippen MR) is 78.8 cm³/mol. The summed E-state index contributed by atoms with van der Waals surface area (Å²) in [4.78, 5) is 0. The first kappa shape index (κ1) is 13.6. The first-order valence-corrected chi connectivity index (χ1v) is 8.52. The fourth-order valence-corrected chi connectivity index (χ4v) is 4.54. The van der Waals surface area contributed by atoms with Gasteiger partial charge in [0.25, 0.3) is 0 Å². The lowest BCUT2D eigenvalue weighted by molar-refractivity contribution is 0.427. The van der Waals surface area contributed by atoms with Gasteiger partial charge in [0, 0.05) is 18.4 Å². The molecule has 0 bridgehead atoms. The Balaban J connectivity index is 2.13. The SMILES string of the molecule is Cn1nc(C2CCCC[C@@H]2S(N)(=O)=O)c2ccccc21. The predicted octanol–water partition coefficient (Wildman–Crippen LogP) is 1.89. The van der Waals surface area contributed by atoms with E-state index >= 15 is 0 Å². The van der Waals surface area contributed by atoms with E-state index in [1.165, 1.54) is 0 Å². The Bertz CT molecular complexity index is 736. The van der Waals surface area contributed by atoms with E-state index in [4.69, 9.17) is 5.14 Å². The summed E-state index contributed by atoms with van der Waals surface area (Å²) < 4.78 is 25.5. The number of nitrogens with two attached hydrogens (primary N) is 1. The molecule has 1 unspecified atom stereocenters. The van der Waals surface area contributed by atoms with Crippen LogP contribution in [-0.4, -0.2) is 23.4 Å². The highest BCUT2D eigenvalue weighted by atomic mass is 32.2. The standard InChI is InChI=1S/C14H19N3O2S/c1-17-12-8-4-2-6-10(12)14(16-17)11-7-3-5-9-13(11)20(15,18)19/h2,4,6,8,11,13H,3,5,7,9H2,1H3,(H2,15,18,19)/t11?,13-/m0/s1. The highest BCUT2D eigenvalue weighted by Gasteiger charge is 2.36. The summed E-state index contributed by atoms with van der Waals surface area (Å²) in [6, 6.07) is 7.93. The third kappa shape index (κ3) is 2.23. The molecule has 2 aromatic rings. The van der Waals surface area contributed by atoms with Gasteiger partial charge in [-0.05, 0) is 18.9 Å². The van der Waals surface area contributed by atoms with Gasteiger partial charge < -0.3 is 0 Å². The fourth-order valence-electron chi connectivity index (χ4n) is 3.32. The second-order valence-corrected chi connectivity index (χ2v) is 7.33. The Labute approximate surface area is 118 Å². The summed E-state index contributed by atoms with van der Waals surface area (Å²) in [5.74, 6) is -0.0927. The minimum atomic E-state index is -3.53. The van der Waals surface area contributed by atoms with Crippen molar-refractivity contribution < 1.29 is 8.42 Å². The largest absolute Gasteiger partial charge is 0.268 e. The lowest BCUT2D eigenvalue weighted by atomic mass is 9.85. The summed E-state index contributed by atoms with van der Waals surface area (Å²) in [6.45, 7) is 0. The second-order valence-electron chi connectivity index (χ2n) is 5.54. The van der Waals surface area contributed by atoms with Gasteiger partial charge >= 0.3 is 0 Å². The van der Waals surface area contributed by atoms with Gasteiger partial charge in [0.15, 0.2) is 0 Å². The molecule has 2 atom stereocenters. The van der Waals surface area contributed by atoms with Gasteiger partial charge in [-0.25, -0.2) is 13.6 Å². The average molecular weight is 293 g/mol. The fraction of sp³-hybridized carbons (Fsp3) is 0.500. The molecule has 1 saturated carbocycles. The molecule has 1 aliphatic carbocycles. The number of nitrogens with zero attached hydrogens (tertiary/aromatic N) is 2. The molecule has 5 nitrogen and oxygen atoms in total. The van der Waals surface area contributed by atoms with Crippen LogP contribution in [-0.2, 0) is 17.1 Å². The minimum absolute atomic E-state index is 0.0927. The van der Waals surface area contributed by atoms with Gasteiger partial charge in [-0.3, -0.25) is 4.68 Å². The number of aromatic nitrogens is 2. The number of hydrogen-bond donors (Lipinski definition) is 1.